The maximum atomic E-state index is 13.0. The van der Waals surface area contributed by atoms with E-state index in [4.69, 9.17) is 0 Å². The second kappa shape index (κ2) is 7.70. The predicted molar refractivity (Wildman–Crippen MR) is 95.0 cm³/mol. The van der Waals surface area contributed by atoms with Crippen molar-refractivity contribution in [3.8, 4) is 0 Å². The number of amides is 1. The van der Waals surface area contributed by atoms with Gasteiger partial charge in [-0.2, -0.15) is 0 Å². The van der Waals surface area contributed by atoms with Gasteiger partial charge in [0.05, 0.1) is 12.2 Å². The predicted octanol–water partition coefficient (Wildman–Crippen LogP) is 4.53. The average Bonchev–Trinajstić information content (AvgIpc) is 2.50. The maximum Gasteiger partial charge on any atom is 0.238 e. The molecule has 0 saturated heterocycles. The number of nitrogens with zero attached hydrogens (tertiary/aromatic N) is 1. The molecule has 23 heavy (non-hydrogen) atoms. The minimum Gasteiger partial charge on any atom is -0.324 e. The molecule has 3 nitrogen and oxygen atoms in total. The Morgan fingerprint density at radius 3 is 2.52 bits per heavy atom. The molecule has 0 spiro atoms. The summed E-state index contributed by atoms with van der Waals surface area (Å²) in [4.78, 5) is 14.1. The van der Waals surface area contributed by atoms with Crippen LogP contribution in [0.2, 0.25) is 0 Å². The highest BCUT2D eigenvalue weighted by atomic mass is 79.9. The van der Waals surface area contributed by atoms with Gasteiger partial charge in [0.25, 0.3) is 0 Å². The number of anilines is 1. The zero-order valence-electron chi connectivity index (χ0n) is 13.4. The molecular formula is C18H20BrFN2O. The van der Waals surface area contributed by atoms with E-state index >= 15 is 0 Å². The zero-order valence-corrected chi connectivity index (χ0v) is 15.0. The van der Waals surface area contributed by atoms with Crippen molar-refractivity contribution in [3.63, 3.8) is 0 Å². The van der Waals surface area contributed by atoms with Gasteiger partial charge < -0.3 is 5.32 Å². The Morgan fingerprint density at radius 1 is 1.26 bits per heavy atom. The monoisotopic (exact) mass is 378 g/mol. The third-order valence-electron chi connectivity index (χ3n) is 3.81. The van der Waals surface area contributed by atoms with E-state index < -0.39 is 0 Å². The van der Waals surface area contributed by atoms with Gasteiger partial charge >= 0.3 is 0 Å². The number of carbonyl (C=O) groups is 1. The van der Waals surface area contributed by atoms with Gasteiger partial charge in [-0.3, -0.25) is 9.69 Å². The van der Waals surface area contributed by atoms with Crippen LogP contribution in [0.4, 0.5) is 10.1 Å². The summed E-state index contributed by atoms with van der Waals surface area (Å²) in [5.74, 6) is -0.350. The van der Waals surface area contributed by atoms with Crippen molar-refractivity contribution in [1.29, 1.82) is 0 Å². The SMILES string of the molecule is Cc1ccc(NC(=O)CN(C)C(C)c2ccc(F)cc2)c(Br)c1. The van der Waals surface area contributed by atoms with Gasteiger partial charge in [0.2, 0.25) is 5.91 Å². The van der Waals surface area contributed by atoms with Crippen molar-refractivity contribution < 1.29 is 9.18 Å². The molecule has 0 radical (unpaired) electrons. The Bertz CT molecular complexity index is 688. The van der Waals surface area contributed by atoms with Crippen LogP contribution in [0, 0.1) is 12.7 Å². The van der Waals surface area contributed by atoms with E-state index in [2.05, 4.69) is 21.2 Å². The van der Waals surface area contributed by atoms with E-state index in [-0.39, 0.29) is 24.3 Å². The molecule has 2 aromatic carbocycles. The molecule has 1 atom stereocenters. The zero-order chi connectivity index (χ0) is 17.0. The number of hydrogen-bond donors (Lipinski definition) is 1. The first-order valence-corrected chi connectivity index (χ1v) is 8.18. The van der Waals surface area contributed by atoms with Crippen LogP contribution in [-0.4, -0.2) is 24.4 Å². The fourth-order valence-electron chi connectivity index (χ4n) is 2.27. The summed E-state index contributed by atoms with van der Waals surface area (Å²) >= 11 is 3.45. The Balaban J connectivity index is 1.97. The second-order valence-corrected chi connectivity index (χ2v) is 6.53. The fraction of sp³-hybridized carbons (Fsp3) is 0.278. The van der Waals surface area contributed by atoms with E-state index in [1.54, 1.807) is 12.1 Å². The quantitative estimate of drug-likeness (QED) is 0.828. The van der Waals surface area contributed by atoms with Crippen LogP contribution in [-0.2, 0) is 4.79 Å². The first kappa shape index (κ1) is 17.6. The molecule has 0 aliphatic rings. The second-order valence-electron chi connectivity index (χ2n) is 5.67. The van der Waals surface area contributed by atoms with Crippen LogP contribution in [0.3, 0.4) is 0 Å². The molecule has 0 aliphatic heterocycles. The normalized spacial score (nSPS) is 12.3. The van der Waals surface area contributed by atoms with Crippen LogP contribution in [0.1, 0.15) is 24.1 Å². The molecule has 1 unspecified atom stereocenters. The topological polar surface area (TPSA) is 32.3 Å². The molecule has 1 N–H and O–H groups in total. The van der Waals surface area contributed by atoms with Gasteiger partial charge in [-0.1, -0.05) is 18.2 Å². The molecule has 122 valence electrons. The standard InChI is InChI=1S/C18H20BrFN2O/c1-12-4-9-17(16(19)10-12)21-18(23)11-22(3)13(2)14-5-7-15(20)8-6-14/h4-10,13H,11H2,1-3H3,(H,21,23). The number of benzene rings is 2. The number of rotatable bonds is 5. The van der Waals surface area contributed by atoms with E-state index in [0.29, 0.717) is 0 Å². The first-order valence-electron chi connectivity index (χ1n) is 7.38. The highest BCUT2D eigenvalue weighted by Gasteiger charge is 2.15. The molecule has 0 aliphatic carbocycles. The van der Waals surface area contributed by atoms with Crippen molar-refractivity contribution in [2.45, 2.75) is 19.9 Å². The van der Waals surface area contributed by atoms with Gasteiger partial charge in [0.1, 0.15) is 5.82 Å². The minimum atomic E-state index is -0.259. The smallest absolute Gasteiger partial charge is 0.238 e. The van der Waals surface area contributed by atoms with E-state index in [1.807, 2.05) is 44.0 Å². The molecule has 2 aromatic rings. The summed E-state index contributed by atoms with van der Waals surface area (Å²) in [5, 5.41) is 2.90. The Morgan fingerprint density at radius 2 is 1.91 bits per heavy atom. The number of likely N-dealkylation sites (N-methyl/N-ethyl adjacent to an activating group) is 1. The molecule has 2 rings (SSSR count). The van der Waals surface area contributed by atoms with E-state index in [0.717, 1.165) is 21.3 Å². The van der Waals surface area contributed by atoms with E-state index in [9.17, 15) is 9.18 Å². The number of halogens is 2. The minimum absolute atomic E-state index is 0.0165. The number of carbonyl (C=O) groups excluding carboxylic acids is 1. The number of aryl methyl sites for hydroxylation is 1. The molecular weight excluding hydrogens is 359 g/mol. The Kier molecular flexibility index (Phi) is 5.91. The molecule has 0 fully saturated rings. The molecule has 0 aromatic heterocycles. The lowest BCUT2D eigenvalue weighted by atomic mass is 10.1. The van der Waals surface area contributed by atoms with Crippen LogP contribution >= 0.6 is 15.9 Å². The molecule has 0 bridgehead atoms. The van der Waals surface area contributed by atoms with Gasteiger partial charge in [-0.15, -0.1) is 0 Å². The average molecular weight is 379 g/mol. The number of nitrogens with one attached hydrogen (secondary N) is 1. The van der Waals surface area contributed by atoms with Gasteiger partial charge in [0.15, 0.2) is 0 Å². The van der Waals surface area contributed by atoms with Crippen molar-refractivity contribution in [2.75, 3.05) is 18.9 Å². The van der Waals surface area contributed by atoms with Crippen molar-refractivity contribution in [3.05, 3.63) is 63.9 Å². The largest absolute Gasteiger partial charge is 0.324 e. The maximum absolute atomic E-state index is 13.0. The molecule has 0 saturated carbocycles. The summed E-state index contributed by atoms with van der Waals surface area (Å²) in [5.41, 5.74) is 2.85. The lowest BCUT2D eigenvalue weighted by Crippen LogP contribution is -2.32. The summed E-state index contributed by atoms with van der Waals surface area (Å²) in [6.07, 6.45) is 0. The van der Waals surface area contributed by atoms with Crippen LogP contribution in [0.15, 0.2) is 46.9 Å². The summed E-state index contributed by atoms with van der Waals surface area (Å²) in [6, 6.07) is 12.2. The van der Waals surface area contributed by atoms with Crippen molar-refractivity contribution in [2.24, 2.45) is 0 Å². The third-order valence-corrected chi connectivity index (χ3v) is 4.46. The molecule has 5 heteroatoms. The van der Waals surface area contributed by atoms with Gasteiger partial charge in [-0.05, 0) is 72.2 Å². The Labute approximate surface area is 144 Å². The Hall–Kier alpha value is -1.72. The summed E-state index contributed by atoms with van der Waals surface area (Å²) < 4.78 is 13.8. The van der Waals surface area contributed by atoms with Gasteiger partial charge in [0, 0.05) is 10.5 Å². The summed E-state index contributed by atoms with van der Waals surface area (Å²) in [7, 11) is 1.87. The van der Waals surface area contributed by atoms with Gasteiger partial charge in [-0.25, -0.2) is 4.39 Å². The highest BCUT2D eigenvalue weighted by molar-refractivity contribution is 9.10. The van der Waals surface area contributed by atoms with Crippen molar-refractivity contribution >= 4 is 27.5 Å². The van der Waals surface area contributed by atoms with E-state index in [1.165, 1.54) is 12.1 Å². The first-order chi connectivity index (χ1) is 10.9. The molecule has 1 amide bonds. The van der Waals surface area contributed by atoms with Crippen LogP contribution in [0.5, 0.6) is 0 Å². The van der Waals surface area contributed by atoms with Crippen LogP contribution in [0.25, 0.3) is 0 Å². The summed E-state index contributed by atoms with van der Waals surface area (Å²) in [6.45, 7) is 4.23. The lowest BCUT2D eigenvalue weighted by molar-refractivity contribution is -0.117. The fourth-order valence-corrected chi connectivity index (χ4v) is 2.86. The highest BCUT2D eigenvalue weighted by Crippen LogP contribution is 2.24. The number of hydrogen-bond acceptors (Lipinski definition) is 2. The van der Waals surface area contributed by atoms with Crippen molar-refractivity contribution in [1.82, 2.24) is 4.90 Å². The van der Waals surface area contributed by atoms with Crippen LogP contribution < -0.4 is 5.32 Å². The third kappa shape index (κ3) is 4.88. The molecule has 0 heterocycles. The lowest BCUT2D eigenvalue weighted by Gasteiger charge is -2.24.